The number of alkyl carbamates (subject to hydrolysis) is 1. The molecule has 0 aromatic carbocycles. The third-order valence-corrected chi connectivity index (χ3v) is 2.78. The number of hydrogen-bond donors (Lipinski definition) is 1. The van der Waals surface area contributed by atoms with E-state index in [2.05, 4.69) is 39.7 Å². The van der Waals surface area contributed by atoms with Gasteiger partial charge in [0.05, 0.1) is 4.43 Å². The predicted octanol–water partition coefficient (Wildman–Crippen LogP) is 2.48. The van der Waals surface area contributed by atoms with Gasteiger partial charge in [0.1, 0.15) is 0 Å². The largest absolute Gasteiger partial charge is 0.436 e. The summed E-state index contributed by atoms with van der Waals surface area (Å²) in [4.78, 5) is 11.3. The number of rotatable bonds is 2. The number of carbonyl (C=O) groups is 1. The van der Waals surface area contributed by atoms with Crippen LogP contribution in [0.3, 0.4) is 0 Å². The van der Waals surface area contributed by atoms with Crippen LogP contribution in [0.25, 0.3) is 0 Å². The summed E-state index contributed by atoms with van der Waals surface area (Å²) in [6, 6.07) is 0.309. The van der Waals surface area contributed by atoms with Gasteiger partial charge in [0.2, 0.25) is 0 Å². The molecule has 0 atom stereocenters. The van der Waals surface area contributed by atoms with Crippen molar-refractivity contribution in [3.8, 4) is 11.8 Å². The Balaban J connectivity index is 2.11. The summed E-state index contributed by atoms with van der Waals surface area (Å²) in [5, 5.41) is 2.86. The van der Waals surface area contributed by atoms with Gasteiger partial charge in [-0.1, -0.05) is 53.7 Å². The zero-order chi connectivity index (χ0) is 10.9. The maximum atomic E-state index is 11.3. The van der Waals surface area contributed by atoms with Crippen molar-refractivity contribution in [1.82, 2.24) is 5.32 Å². The highest BCUT2D eigenvalue weighted by Gasteiger charge is 2.15. The molecule has 1 saturated carbocycles. The summed E-state index contributed by atoms with van der Waals surface area (Å²) >= 11 is 2.16. The lowest BCUT2D eigenvalue weighted by molar-refractivity contribution is 0.152. The quantitative estimate of drug-likeness (QED) is 0.482. The third kappa shape index (κ3) is 5.88. The second kappa shape index (κ2) is 7.80. The van der Waals surface area contributed by atoms with Crippen LogP contribution in [0, 0.1) is 11.8 Å². The van der Waals surface area contributed by atoms with Crippen molar-refractivity contribution in [1.29, 1.82) is 0 Å². The highest BCUT2D eigenvalue weighted by molar-refractivity contribution is 14.1. The predicted molar refractivity (Wildman–Crippen MR) is 68.0 cm³/mol. The van der Waals surface area contributed by atoms with E-state index < -0.39 is 0 Å². The van der Waals surface area contributed by atoms with Gasteiger partial charge in [0, 0.05) is 6.04 Å². The summed E-state index contributed by atoms with van der Waals surface area (Å²) in [6.07, 6.45) is 5.53. The van der Waals surface area contributed by atoms with Crippen LogP contribution >= 0.6 is 22.6 Å². The Hall–Kier alpha value is -0.440. The highest BCUT2D eigenvalue weighted by Crippen LogP contribution is 2.17. The van der Waals surface area contributed by atoms with E-state index in [0.29, 0.717) is 6.04 Å². The van der Waals surface area contributed by atoms with Crippen LogP contribution < -0.4 is 5.32 Å². The van der Waals surface area contributed by atoms with Crippen molar-refractivity contribution in [2.24, 2.45) is 0 Å². The van der Waals surface area contributed by atoms with Gasteiger partial charge in [-0.15, -0.1) is 0 Å². The number of alkyl halides is 1. The fraction of sp³-hybridized carbons (Fsp3) is 0.727. The molecule has 0 spiro atoms. The zero-order valence-corrected chi connectivity index (χ0v) is 10.9. The molecule has 84 valence electrons. The molecule has 1 rings (SSSR count). The summed E-state index contributed by atoms with van der Waals surface area (Å²) < 4.78 is 5.69. The molecule has 0 aliphatic heterocycles. The Morgan fingerprint density at radius 1 is 1.33 bits per heavy atom. The van der Waals surface area contributed by atoms with Crippen molar-refractivity contribution in [3.63, 3.8) is 0 Å². The van der Waals surface area contributed by atoms with Gasteiger partial charge in [-0.2, -0.15) is 0 Å². The first-order valence-corrected chi connectivity index (χ1v) is 6.80. The first kappa shape index (κ1) is 12.6. The zero-order valence-electron chi connectivity index (χ0n) is 8.72. The Bertz CT molecular complexity index is 251. The smallest absolute Gasteiger partial charge is 0.408 e. The fourth-order valence-electron chi connectivity index (χ4n) is 1.66. The fourth-order valence-corrected chi connectivity index (χ4v) is 1.92. The van der Waals surface area contributed by atoms with Gasteiger partial charge >= 0.3 is 6.09 Å². The molecule has 15 heavy (non-hydrogen) atoms. The van der Waals surface area contributed by atoms with E-state index in [1.165, 1.54) is 19.3 Å². The van der Waals surface area contributed by atoms with Crippen LogP contribution in [-0.2, 0) is 4.74 Å². The van der Waals surface area contributed by atoms with Crippen molar-refractivity contribution in [3.05, 3.63) is 0 Å². The molecule has 0 heterocycles. The molecule has 0 aromatic heterocycles. The lowest BCUT2D eigenvalue weighted by Gasteiger charge is -2.21. The topological polar surface area (TPSA) is 38.3 Å². The van der Waals surface area contributed by atoms with Crippen molar-refractivity contribution < 1.29 is 9.53 Å². The Kier molecular flexibility index (Phi) is 6.57. The molecule has 0 unspecified atom stereocenters. The van der Waals surface area contributed by atoms with Crippen LogP contribution in [0.2, 0.25) is 0 Å². The molecule has 0 aromatic rings. The highest BCUT2D eigenvalue weighted by atomic mass is 127. The maximum absolute atomic E-state index is 11.3. The van der Waals surface area contributed by atoms with Gasteiger partial charge < -0.3 is 10.1 Å². The second-order valence-corrected chi connectivity index (χ2v) is 4.31. The number of halogens is 1. The van der Waals surface area contributed by atoms with E-state index in [-0.39, 0.29) is 12.7 Å². The monoisotopic (exact) mass is 321 g/mol. The average Bonchev–Trinajstić information content (AvgIpc) is 2.26. The molecule has 0 bridgehead atoms. The van der Waals surface area contributed by atoms with Crippen LogP contribution in [-0.4, -0.2) is 23.2 Å². The average molecular weight is 321 g/mol. The van der Waals surface area contributed by atoms with E-state index in [1.807, 2.05) is 0 Å². The van der Waals surface area contributed by atoms with E-state index in [1.54, 1.807) is 0 Å². The summed E-state index contributed by atoms with van der Waals surface area (Å²) in [5.74, 6) is 5.60. The van der Waals surface area contributed by atoms with Crippen LogP contribution in [0.1, 0.15) is 32.1 Å². The Morgan fingerprint density at radius 3 is 2.73 bits per heavy atom. The molecule has 0 radical (unpaired) electrons. The van der Waals surface area contributed by atoms with E-state index in [4.69, 9.17) is 4.74 Å². The van der Waals surface area contributed by atoms with Crippen LogP contribution in [0.15, 0.2) is 0 Å². The molecule has 1 aliphatic carbocycles. The lowest BCUT2D eigenvalue weighted by atomic mass is 9.96. The minimum atomic E-state index is -0.329. The minimum absolute atomic E-state index is 0.196. The molecule has 1 aliphatic rings. The number of ether oxygens (including phenoxy) is 1. The number of amides is 1. The molecule has 1 amide bonds. The molecule has 1 N–H and O–H groups in total. The SMILES string of the molecule is O=C(NC1CCCCC1)OCC#CCI. The molecule has 0 saturated heterocycles. The normalized spacial score (nSPS) is 16.3. The molecule has 3 nitrogen and oxygen atoms in total. The third-order valence-electron chi connectivity index (χ3n) is 2.39. The minimum Gasteiger partial charge on any atom is -0.436 e. The molecule has 4 heteroatoms. The Labute approximate surface area is 104 Å². The van der Waals surface area contributed by atoms with E-state index >= 15 is 0 Å². The van der Waals surface area contributed by atoms with Gasteiger partial charge in [-0.05, 0) is 12.8 Å². The van der Waals surface area contributed by atoms with Crippen molar-refractivity contribution in [2.45, 2.75) is 38.1 Å². The number of hydrogen-bond acceptors (Lipinski definition) is 2. The van der Waals surface area contributed by atoms with Crippen molar-refractivity contribution >= 4 is 28.7 Å². The molecular formula is C11H16INO2. The first-order chi connectivity index (χ1) is 7.33. The van der Waals surface area contributed by atoms with Crippen molar-refractivity contribution in [2.75, 3.05) is 11.0 Å². The van der Waals surface area contributed by atoms with Gasteiger partial charge in [0.25, 0.3) is 0 Å². The van der Waals surface area contributed by atoms with Crippen LogP contribution in [0.5, 0.6) is 0 Å². The van der Waals surface area contributed by atoms with E-state index in [9.17, 15) is 4.79 Å². The maximum Gasteiger partial charge on any atom is 0.408 e. The number of nitrogens with one attached hydrogen (secondary N) is 1. The summed E-state index contributed by atoms with van der Waals surface area (Å²) in [7, 11) is 0. The van der Waals surface area contributed by atoms with Gasteiger partial charge in [-0.25, -0.2) is 4.79 Å². The Morgan fingerprint density at radius 2 is 2.07 bits per heavy atom. The molecular weight excluding hydrogens is 305 g/mol. The number of carbonyl (C=O) groups excluding carboxylic acids is 1. The van der Waals surface area contributed by atoms with Gasteiger partial charge in [-0.3, -0.25) is 0 Å². The van der Waals surface area contributed by atoms with Crippen LogP contribution in [0.4, 0.5) is 4.79 Å². The molecule has 1 fully saturated rings. The van der Waals surface area contributed by atoms with E-state index in [0.717, 1.165) is 17.3 Å². The lowest BCUT2D eigenvalue weighted by Crippen LogP contribution is -2.36. The second-order valence-electron chi connectivity index (χ2n) is 3.54. The van der Waals surface area contributed by atoms with Gasteiger partial charge in [0.15, 0.2) is 6.61 Å². The first-order valence-electron chi connectivity index (χ1n) is 5.28. The summed E-state index contributed by atoms with van der Waals surface area (Å²) in [5.41, 5.74) is 0. The summed E-state index contributed by atoms with van der Waals surface area (Å²) in [6.45, 7) is 0.196. The standard InChI is InChI=1S/C11H16INO2/c12-8-4-5-9-15-11(14)13-10-6-2-1-3-7-10/h10H,1-3,6-9H2,(H,13,14).